The minimum absolute atomic E-state index is 0.0437. The summed E-state index contributed by atoms with van der Waals surface area (Å²) in [6.07, 6.45) is 0. The Morgan fingerprint density at radius 2 is 2.24 bits per heavy atom. The van der Waals surface area contributed by atoms with Gasteiger partial charge in [0.15, 0.2) is 0 Å². The van der Waals surface area contributed by atoms with E-state index >= 15 is 0 Å². The summed E-state index contributed by atoms with van der Waals surface area (Å²) in [7, 11) is 0. The number of aliphatic hydroxyl groups is 1. The zero-order valence-corrected chi connectivity index (χ0v) is 10.3. The molecule has 0 radical (unpaired) electrons. The van der Waals surface area contributed by atoms with Gasteiger partial charge in [0, 0.05) is 0 Å². The molecule has 0 aliphatic carbocycles. The number of pyridine rings is 1. The zero-order valence-electron chi connectivity index (χ0n) is 9.55. The van der Waals surface area contributed by atoms with Crippen LogP contribution < -0.4 is 5.32 Å². The molecule has 1 aromatic heterocycles. The lowest BCUT2D eigenvalue weighted by atomic mass is 10.1. The van der Waals surface area contributed by atoms with Gasteiger partial charge in [-0.15, -0.1) is 0 Å². The number of nitrogens with one attached hydrogen (secondary N) is 1. The number of anilines is 1. The number of aromatic nitrogens is 1. The van der Waals surface area contributed by atoms with Crippen LogP contribution in [-0.4, -0.2) is 27.7 Å². The van der Waals surface area contributed by atoms with Gasteiger partial charge in [0.05, 0.1) is 29.7 Å². The molecule has 0 aliphatic heterocycles. The van der Waals surface area contributed by atoms with Crippen molar-refractivity contribution in [2.45, 2.75) is 19.9 Å². The second kappa shape index (κ2) is 5.79. The summed E-state index contributed by atoms with van der Waals surface area (Å²) in [4.78, 5) is 14.0. The van der Waals surface area contributed by atoms with Crippen molar-refractivity contribution < 1.29 is 10.0 Å². The van der Waals surface area contributed by atoms with Crippen LogP contribution >= 0.6 is 11.6 Å². The minimum atomic E-state index is -0.540. The summed E-state index contributed by atoms with van der Waals surface area (Å²) in [6, 6.07) is 2.24. The second-order valence-electron chi connectivity index (χ2n) is 3.97. The van der Waals surface area contributed by atoms with E-state index in [1.807, 2.05) is 13.8 Å². The summed E-state index contributed by atoms with van der Waals surface area (Å²) in [5, 5.41) is 22.7. The van der Waals surface area contributed by atoms with Gasteiger partial charge in [-0.3, -0.25) is 10.1 Å². The lowest BCUT2D eigenvalue weighted by Crippen LogP contribution is -2.29. The third kappa shape index (κ3) is 3.83. The van der Waals surface area contributed by atoms with Crippen LogP contribution in [0.1, 0.15) is 13.8 Å². The third-order valence-electron chi connectivity index (χ3n) is 2.32. The van der Waals surface area contributed by atoms with Crippen molar-refractivity contribution in [3.05, 3.63) is 27.4 Å². The Labute approximate surface area is 104 Å². The van der Waals surface area contributed by atoms with Crippen LogP contribution in [-0.2, 0) is 0 Å². The first-order chi connectivity index (χ1) is 7.93. The summed E-state index contributed by atoms with van der Waals surface area (Å²) in [5.41, 5.74) is -0.132. The molecule has 1 heterocycles. The maximum absolute atomic E-state index is 10.6. The molecule has 0 bridgehead atoms. The van der Waals surface area contributed by atoms with Crippen LogP contribution in [0.5, 0.6) is 0 Å². The van der Waals surface area contributed by atoms with Crippen LogP contribution in [0, 0.1) is 16.0 Å². The van der Waals surface area contributed by atoms with Crippen molar-refractivity contribution >= 4 is 23.1 Å². The van der Waals surface area contributed by atoms with E-state index in [0.717, 1.165) is 0 Å². The number of nitrogens with zero attached hydrogens (tertiary/aromatic N) is 2. The number of halogens is 1. The Morgan fingerprint density at radius 3 is 2.71 bits per heavy atom. The topological polar surface area (TPSA) is 88.3 Å². The standard InChI is InChI=1S/C10H14ClN3O3/c1-6(2)8(5-15)12-10-4-7(14(16)17)3-9(11)13-10/h3-4,6,8,15H,5H2,1-2H3,(H,12,13). The van der Waals surface area contributed by atoms with Gasteiger partial charge in [0.25, 0.3) is 5.69 Å². The second-order valence-corrected chi connectivity index (χ2v) is 4.36. The fourth-order valence-electron chi connectivity index (χ4n) is 1.28. The maximum atomic E-state index is 10.6. The third-order valence-corrected chi connectivity index (χ3v) is 2.52. The van der Waals surface area contributed by atoms with Crippen molar-refractivity contribution in [1.29, 1.82) is 0 Å². The fraction of sp³-hybridized carbons (Fsp3) is 0.500. The monoisotopic (exact) mass is 259 g/mol. The molecule has 17 heavy (non-hydrogen) atoms. The van der Waals surface area contributed by atoms with Gasteiger partial charge in [-0.05, 0) is 5.92 Å². The van der Waals surface area contributed by atoms with Gasteiger partial charge in [0.2, 0.25) is 0 Å². The molecule has 0 saturated heterocycles. The summed E-state index contributed by atoms with van der Waals surface area (Å²) in [6.45, 7) is 3.76. The summed E-state index contributed by atoms with van der Waals surface area (Å²) < 4.78 is 0. The highest BCUT2D eigenvalue weighted by atomic mass is 35.5. The van der Waals surface area contributed by atoms with E-state index in [-0.39, 0.29) is 35.2 Å². The van der Waals surface area contributed by atoms with E-state index in [1.54, 1.807) is 0 Å². The summed E-state index contributed by atoms with van der Waals surface area (Å²) in [5.74, 6) is 0.455. The van der Waals surface area contributed by atoms with Gasteiger partial charge in [-0.2, -0.15) is 0 Å². The molecular weight excluding hydrogens is 246 g/mol. The normalized spacial score (nSPS) is 12.5. The fourth-order valence-corrected chi connectivity index (χ4v) is 1.48. The summed E-state index contributed by atoms with van der Waals surface area (Å²) >= 11 is 5.68. The first-order valence-electron chi connectivity index (χ1n) is 5.13. The molecule has 2 N–H and O–H groups in total. The quantitative estimate of drug-likeness (QED) is 0.480. The van der Waals surface area contributed by atoms with Gasteiger partial charge in [-0.1, -0.05) is 25.4 Å². The highest BCUT2D eigenvalue weighted by Crippen LogP contribution is 2.21. The molecule has 94 valence electrons. The smallest absolute Gasteiger partial charge is 0.276 e. The van der Waals surface area contributed by atoms with E-state index in [1.165, 1.54) is 12.1 Å². The van der Waals surface area contributed by atoms with Gasteiger partial charge in [-0.25, -0.2) is 4.98 Å². The Balaban J connectivity index is 2.94. The number of rotatable bonds is 5. The van der Waals surface area contributed by atoms with Gasteiger partial charge in [0.1, 0.15) is 11.0 Å². The predicted molar refractivity (Wildman–Crippen MR) is 65.2 cm³/mol. The maximum Gasteiger partial charge on any atom is 0.276 e. The SMILES string of the molecule is CC(C)C(CO)Nc1cc([N+](=O)[O-])cc(Cl)n1. The molecule has 1 rings (SSSR count). The van der Waals surface area contributed by atoms with Crippen molar-refractivity contribution in [2.24, 2.45) is 5.92 Å². The van der Waals surface area contributed by atoms with Gasteiger partial charge < -0.3 is 10.4 Å². The van der Waals surface area contributed by atoms with Crippen molar-refractivity contribution in [3.8, 4) is 0 Å². The lowest BCUT2D eigenvalue weighted by molar-refractivity contribution is -0.384. The van der Waals surface area contributed by atoms with E-state index in [2.05, 4.69) is 10.3 Å². The average molecular weight is 260 g/mol. The largest absolute Gasteiger partial charge is 0.394 e. The number of hydrogen-bond acceptors (Lipinski definition) is 5. The number of hydrogen-bond donors (Lipinski definition) is 2. The van der Waals surface area contributed by atoms with Crippen LogP contribution in [0.3, 0.4) is 0 Å². The molecule has 1 unspecified atom stereocenters. The Bertz CT molecular complexity index is 412. The molecule has 7 heteroatoms. The molecule has 0 fully saturated rings. The van der Waals surface area contributed by atoms with Crippen LogP contribution in [0.2, 0.25) is 5.15 Å². The average Bonchev–Trinajstić information content (AvgIpc) is 2.24. The predicted octanol–water partition coefficient (Wildman–Crippen LogP) is 2.07. The van der Waals surface area contributed by atoms with E-state index in [4.69, 9.17) is 16.7 Å². The first kappa shape index (κ1) is 13.7. The minimum Gasteiger partial charge on any atom is -0.394 e. The molecule has 0 aromatic carbocycles. The van der Waals surface area contributed by atoms with E-state index in [9.17, 15) is 10.1 Å². The Kier molecular flexibility index (Phi) is 4.65. The van der Waals surface area contributed by atoms with E-state index in [0.29, 0.717) is 0 Å². The molecule has 1 aromatic rings. The van der Waals surface area contributed by atoms with Crippen molar-refractivity contribution in [3.63, 3.8) is 0 Å². The lowest BCUT2D eigenvalue weighted by Gasteiger charge is -2.20. The molecule has 0 spiro atoms. The molecule has 0 aliphatic rings. The Hall–Kier alpha value is -1.40. The first-order valence-corrected chi connectivity index (χ1v) is 5.51. The van der Waals surface area contributed by atoms with Crippen LogP contribution in [0.25, 0.3) is 0 Å². The Morgan fingerprint density at radius 1 is 1.59 bits per heavy atom. The zero-order chi connectivity index (χ0) is 13.0. The molecule has 0 saturated carbocycles. The number of aliphatic hydroxyl groups excluding tert-OH is 1. The van der Waals surface area contributed by atoms with Crippen molar-refractivity contribution in [1.82, 2.24) is 4.98 Å². The number of nitro groups is 1. The van der Waals surface area contributed by atoms with Crippen molar-refractivity contribution in [2.75, 3.05) is 11.9 Å². The molecule has 0 amide bonds. The van der Waals surface area contributed by atoms with Crippen LogP contribution in [0.4, 0.5) is 11.5 Å². The highest BCUT2D eigenvalue weighted by molar-refractivity contribution is 6.29. The van der Waals surface area contributed by atoms with Crippen LogP contribution in [0.15, 0.2) is 12.1 Å². The molecular formula is C10H14ClN3O3. The highest BCUT2D eigenvalue weighted by Gasteiger charge is 2.15. The van der Waals surface area contributed by atoms with Gasteiger partial charge >= 0.3 is 0 Å². The molecule has 6 nitrogen and oxygen atoms in total. The molecule has 1 atom stereocenters. The van der Waals surface area contributed by atoms with E-state index < -0.39 is 4.92 Å².